The number of halogens is 1. The molecule has 1 aliphatic heterocycles. The van der Waals surface area contributed by atoms with E-state index in [1.807, 2.05) is 6.07 Å². The van der Waals surface area contributed by atoms with Gasteiger partial charge in [0.05, 0.1) is 6.10 Å². The molecule has 4 heteroatoms. The number of nitrogens with zero attached hydrogens (tertiary/aromatic N) is 1. The second-order valence-electron chi connectivity index (χ2n) is 4.98. The molecule has 1 saturated heterocycles. The zero-order valence-electron chi connectivity index (χ0n) is 10.8. The van der Waals surface area contributed by atoms with Gasteiger partial charge in [-0.25, -0.2) is 0 Å². The molecule has 0 amide bonds. The highest BCUT2D eigenvalue weighted by Crippen LogP contribution is 2.17. The van der Waals surface area contributed by atoms with Crippen LogP contribution in [0.3, 0.4) is 0 Å². The lowest BCUT2D eigenvalue weighted by atomic mass is 10.0. The molecule has 1 atom stereocenters. The lowest BCUT2D eigenvalue weighted by molar-refractivity contribution is 0.105. The molecule has 1 heterocycles. The topological polar surface area (TPSA) is 35.5 Å². The Hall–Kier alpha value is -0.420. The molecule has 1 fully saturated rings. The van der Waals surface area contributed by atoms with Gasteiger partial charge in [0, 0.05) is 37.2 Å². The van der Waals surface area contributed by atoms with Gasteiger partial charge in [-0.05, 0) is 36.6 Å². The molecule has 1 unspecified atom stereocenters. The third-order valence-electron chi connectivity index (χ3n) is 3.44. The molecule has 2 rings (SSSR count). The van der Waals surface area contributed by atoms with E-state index in [1.165, 1.54) is 11.1 Å². The standard InChI is InChI=1S/C14H21BrN2O/c1-11-8-13(15)3-2-12(11)9-14(18)10-17-6-4-16-5-7-17/h2-3,8,14,16,18H,4-7,9-10H2,1H3. The Labute approximate surface area is 117 Å². The van der Waals surface area contributed by atoms with Crippen LogP contribution in [0.1, 0.15) is 11.1 Å². The summed E-state index contributed by atoms with van der Waals surface area (Å²) in [5, 5.41) is 13.5. The highest BCUT2D eigenvalue weighted by Gasteiger charge is 2.15. The van der Waals surface area contributed by atoms with Crippen LogP contribution in [0.15, 0.2) is 22.7 Å². The van der Waals surface area contributed by atoms with Crippen LogP contribution in [-0.2, 0) is 6.42 Å². The molecular weight excluding hydrogens is 292 g/mol. The highest BCUT2D eigenvalue weighted by atomic mass is 79.9. The third kappa shape index (κ3) is 4.05. The molecular formula is C14H21BrN2O. The Kier molecular flexibility index (Phi) is 5.18. The van der Waals surface area contributed by atoms with Gasteiger partial charge in [0.1, 0.15) is 0 Å². The Morgan fingerprint density at radius 1 is 1.39 bits per heavy atom. The summed E-state index contributed by atoms with van der Waals surface area (Å²) >= 11 is 3.46. The van der Waals surface area contributed by atoms with Crippen molar-refractivity contribution >= 4 is 15.9 Å². The van der Waals surface area contributed by atoms with Crippen LogP contribution < -0.4 is 5.32 Å². The molecule has 0 spiro atoms. The van der Waals surface area contributed by atoms with E-state index in [-0.39, 0.29) is 6.10 Å². The predicted octanol–water partition coefficient (Wildman–Crippen LogP) is 1.57. The van der Waals surface area contributed by atoms with Crippen molar-refractivity contribution in [3.05, 3.63) is 33.8 Å². The van der Waals surface area contributed by atoms with E-state index in [0.717, 1.165) is 43.6 Å². The Bertz CT molecular complexity index is 391. The van der Waals surface area contributed by atoms with Gasteiger partial charge in [-0.15, -0.1) is 0 Å². The molecule has 0 saturated carbocycles. The van der Waals surface area contributed by atoms with Crippen LogP contribution in [0, 0.1) is 6.92 Å². The summed E-state index contributed by atoms with van der Waals surface area (Å²) in [5.74, 6) is 0. The zero-order chi connectivity index (χ0) is 13.0. The van der Waals surface area contributed by atoms with Crippen molar-refractivity contribution in [3.8, 4) is 0 Å². The molecule has 0 aromatic heterocycles. The first-order valence-electron chi connectivity index (χ1n) is 6.51. The summed E-state index contributed by atoms with van der Waals surface area (Å²) in [5.41, 5.74) is 2.48. The second kappa shape index (κ2) is 6.66. The first-order valence-corrected chi connectivity index (χ1v) is 7.30. The van der Waals surface area contributed by atoms with E-state index >= 15 is 0 Å². The molecule has 1 aromatic rings. The summed E-state index contributed by atoms with van der Waals surface area (Å²) in [6.07, 6.45) is 0.464. The fraction of sp³-hybridized carbons (Fsp3) is 0.571. The first kappa shape index (κ1) is 14.0. The minimum atomic E-state index is -0.275. The maximum atomic E-state index is 10.2. The van der Waals surface area contributed by atoms with Crippen LogP contribution in [-0.4, -0.2) is 48.8 Å². The Morgan fingerprint density at radius 3 is 2.78 bits per heavy atom. The first-order chi connectivity index (χ1) is 8.65. The maximum absolute atomic E-state index is 10.2. The summed E-state index contributed by atoms with van der Waals surface area (Å²) in [4.78, 5) is 2.33. The summed E-state index contributed by atoms with van der Waals surface area (Å²) < 4.78 is 1.10. The van der Waals surface area contributed by atoms with Crippen LogP contribution in [0.4, 0.5) is 0 Å². The van der Waals surface area contributed by atoms with Gasteiger partial charge in [-0.3, -0.25) is 4.90 Å². The molecule has 1 aromatic carbocycles. The number of rotatable bonds is 4. The van der Waals surface area contributed by atoms with Gasteiger partial charge in [-0.2, -0.15) is 0 Å². The van der Waals surface area contributed by atoms with Crippen molar-refractivity contribution in [2.24, 2.45) is 0 Å². The number of hydrogen-bond acceptors (Lipinski definition) is 3. The quantitative estimate of drug-likeness (QED) is 0.886. The molecule has 3 nitrogen and oxygen atoms in total. The molecule has 1 aliphatic rings. The molecule has 18 heavy (non-hydrogen) atoms. The molecule has 0 aliphatic carbocycles. The lowest BCUT2D eigenvalue weighted by Crippen LogP contribution is -2.46. The van der Waals surface area contributed by atoms with Gasteiger partial charge in [0.15, 0.2) is 0 Å². The average molecular weight is 313 g/mol. The maximum Gasteiger partial charge on any atom is 0.0707 e. The third-order valence-corrected chi connectivity index (χ3v) is 3.93. The lowest BCUT2D eigenvalue weighted by Gasteiger charge is -2.29. The van der Waals surface area contributed by atoms with Crippen molar-refractivity contribution in [2.45, 2.75) is 19.4 Å². The van der Waals surface area contributed by atoms with Crippen LogP contribution >= 0.6 is 15.9 Å². The second-order valence-corrected chi connectivity index (χ2v) is 5.90. The SMILES string of the molecule is Cc1cc(Br)ccc1CC(O)CN1CCNCC1. The zero-order valence-corrected chi connectivity index (χ0v) is 12.4. The number of nitrogens with one attached hydrogen (secondary N) is 1. The highest BCUT2D eigenvalue weighted by molar-refractivity contribution is 9.10. The van der Waals surface area contributed by atoms with E-state index in [1.54, 1.807) is 0 Å². The number of piperazine rings is 1. The van der Waals surface area contributed by atoms with Gasteiger partial charge in [0.2, 0.25) is 0 Å². The fourth-order valence-corrected chi connectivity index (χ4v) is 2.87. The minimum Gasteiger partial charge on any atom is -0.391 e. The van der Waals surface area contributed by atoms with Crippen LogP contribution in [0.2, 0.25) is 0 Å². The molecule has 100 valence electrons. The number of benzene rings is 1. The summed E-state index contributed by atoms with van der Waals surface area (Å²) in [6.45, 7) is 7.01. The number of β-amino-alcohol motifs (C(OH)–C–C–N with tert-alkyl or cyclic N) is 1. The summed E-state index contributed by atoms with van der Waals surface area (Å²) in [7, 11) is 0. The van der Waals surface area contributed by atoms with E-state index in [4.69, 9.17) is 0 Å². The van der Waals surface area contributed by atoms with Crippen molar-refractivity contribution in [2.75, 3.05) is 32.7 Å². The van der Waals surface area contributed by atoms with Crippen LogP contribution in [0.25, 0.3) is 0 Å². The monoisotopic (exact) mass is 312 g/mol. The predicted molar refractivity (Wildman–Crippen MR) is 77.9 cm³/mol. The molecule has 0 radical (unpaired) electrons. The fourth-order valence-electron chi connectivity index (χ4n) is 2.40. The smallest absolute Gasteiger partial charge is 0.0707 e. The largest absolute Gasteiger partial charge is 0.391 e. The van der Waals surface area contributed by atoms with E-state index in [0.29, 0.717) is 0 Å². The van der Waals surface area contributed by atoms with Gasteiger partial charge < -0.3 is 10.4 Å². The number of aryl methyl sites for hydroxylation is 1. The van der Waals surface area contributed by atoms with Crippen molar-refractivity contribution in [1.82, 2.24) is 10.2 Å². The van der Waals surface area contributed by atoms with E-state index in [2.05, 4.69) is 45.2 Å². The normalized spacial score (nSPS) is 18.8. The molecule has 0 bridgehead atoms. The Morgan fingerprint density at radius 2 is 2.11 bits per heavy atom. The van der Waals surface area contributed by atoms with Crippen molar-refractivity contribution in [3.63, 3.8) is 0 Å². The molecule has 2 N–H and O–H groups in total. The van der Waals surface area contributed by atoms with Gasteiger partial charge in [-0.1, -0.05) is 22.0 Å². The average Bonchev–Trinajstić information content (AvgIpc) is 2.34. The summed E-state index contributed by atoms with van der Waals surface area (Å²) in [6, 6.07) is 6.24. The van der Waals surface area contributed by atoms with E-state index < -0.39 is 0 Å². The van der Waals surface area contributed by atoms with Crippen molar-refractivity contribution < 1.29 is 5.11 Å². The number of hydrogen-bond donors (Lipinski definition) is 2. The Balaban J connectivity index is 1.87. The van der Waals surface area contributed by atoms with Crippen LogP contribution in [0.5, 0.6) is 0 Å². The van der Waals surface area contributed by atoms with Gasteiger partial charge >= 0.3 is 0 Å². The minimum absolute atomic E-state index is 0.275. The van der Waals surface area contributed by atoms with E-state index in [9.17, 15) is 5.11 Å². The van der Waals surface area contributed by atoms with Gasteiger partial charge in [0.25, 0.3) is 0 Å². The van der Waals surface area contributed by atoms with Crippen molar-refractivity contribution in [1.29, 1.82) is 0 Å². The number of aliphatic hydroxyl groups excluding tert-OH is 1. The number of aliphatic hydroxyl groups is 1.